The summed E-state index contributed by atoms with van der Waals surface area (Å²) in [6, 6.07) is 0. The summed E-state index contributed by atoms with van der Waals surface area (Å²) in [4.78, 5) is 10.7. The minimum atomic E-state index is -0.0631. The Morgan fingerprint density at radius 1 is 1.07 bits per heavy atom. The molecular weight excluding hydrogens is 195 g/mol. The van der Waals surface area contributed by atoms with Gasteiger partial charge in [0.1, 0.15) is 0 Å². The highest BCUT2D eigenvalue weighted by Crippen LogP contribution is 2.08. The molecule has 0 heterocycles. The minimum Gasteiger partial charge on any atom is -0.624 e. The molecule has 0 atom stereocenters. The van der Waals surface area contributed by atoms with Crippen molar-refractivity contribution < 1.29 is 14.1 Å². The van der Waals surface area contributed by atoms with Crippen LogP contribution in [0.3, 0.4) is 0 Å². The van der Waals surface area contributed by atoms with Gasteiger partial charge in [-0.15, -0.1) is 0 Å². The molecule has 0 aliphatic heterocycles. The van der Waals surface area contributed by atoms with E-state index in [4.69, 9.17) is 0 Å². The van der Waals surface area contributed by atoms with Crippen molar-refractivity contribution in [1.82, 2.24) is 0 Å². The zero-order valence-electron chi connectivity index (χ0n) is 9.18. The first kappa shape index (κ1) is 16.4. The summed E-state index contributed by atoms with van der Waals surface area (Å²) in [7, 11) is 0. The van der Waals surface area contributed by atoms with Crippen LogP contribution in [-0.4, -0.2) is 28.1 Å². The lowest BCUT2D eigenvalue weighted by atomic mass is 10.1. The van der Waals surface area contributed by atoms with Gasteiger partial charge < -0.3 is 9.26 Å². The van der Waals surface area contributed by atoms with Gasteiger partial charge in [-0.05, 0) is 6.42 Å². The van der Waals surface area contributed by atoms with Gasteiger partial charge in [0, 0.05) is 6.42 Å². The van der Waals surface area contributed by atoms with Crippen molar-refractivity contribution in [1.29, 1.82) is 0 Å². The Morgan fingerprint density at radius 2 is 1.57 bits per heavy atom. The van der Waals surface area contributed by atoms with Crippen molar-refractivity contribution in [3.8, 4) is 0 Å². The Balaban J connectivity index is 0. The molecule has 2 N–H and O–H groups in total. The molecule has 1 radical (unpaired) electrons. The van der Waals surface area contributed by atoms with E-state index in [1.165, 1.54) is 55.1 Å². The Kier molecular flexibility index (Phi) is 15.2. The zero-order valence-corrected chi connectivity index (χ0v) is 10.6. The van der Waals surface area contributed by atoms with E-state index in [2.05, 4.69) is 10.7 Å². The second-order valence-electron chi connectivity index (χ2n) is 3.39. The van der Waals surface area contributed by atoms with Crippen LogP contribution in [0, 0.1) is 0 Å². The molecule has 0 aromatic heterocycles. The molecule has 4 heteroatoms. The van der Waals surface area contributed by atoms with E-state index in [9.17, 15) is 4.79 Å². The molecule has 0 unspecified atom stereocenters. The van der Waals surface area contributed by atoms with Gasteiger partial charge in [0.15, 0.2) is 0 Å². The summed E-state index contributed by atoms with van der Waals surface area (Å²) in [5, 5.41) is 0. The number of unbranched alkanes of at least 4 members (excludes halogenated alkanes) is 6. The van der Waals surface area contributed by atoms with E-state index in [0.29, 0.717) is 6.42 Å². The van der Waals surface area contributed by atoms with Crippen LogP contribution in [0.1, 0.15) is 58.3 Å². The maximum Gasteiger partial charge on any atom is 0.496 e. The monoisotopic (exact) mass is 217 g/mol. The smallest absolute Gasteiger partial charge is 0.496 e. The number of rotatable bonds is 8. The molecule has 0 bridgehead atoms. The van der Waals surface area contributed by atoms with E-state index < -0.39 is 0 Å². The number of carbonyl (C=O) groups excluding carboxylic acids is 1. The first-order valence-corrected chi connectivity index (χ1v) is 5.83. The third-order valence-corrected chi connectivity index (χ3v) is 2.47. The summed E-state index contributed by atoms with van der Waals surface area (Å²) >= 11 is 1.27. The SMILES string of the molecule is CCCCCCCCCC(=O)[O][AlH].O. The van der Waals surface area contributed by atoms with E-state index in [0.717, 1.165) is 6.42 Å². The van der Waals surface area contributed by atoms with Crippen LogP contribution < -0.4 is 0 Å². The Morgan fingerprint density at radius 3 is 2.07 bits per heavy atom. The molecule has 0 saturated heterocycles. The van der Waals surface area contributed by atoms with Crippen LogP contribution in [0.5, 0.6) is 0 Å². The van der Waals surface area contributed by atoms with E-state index in [1.54, 1.807) is 0 Å². The van der Waals surface area contributed by atoms with Gasteiger partial charge in [-0.3, -0.25) is 4.79 Å². The van der Waals surface area contributed by atoms with Crippen LogP contribution in [0.4, 0.5) is 0 Å². The van der Waals surface area contributed by atoms with Crippen molar-refractivity contribution in [2.24, 2.45) is 0 Å². The molecule has 83 valence electrons. The lowest BCUT2D eigenvalue weighted by Crippen LogP contribution is -2.00. The topological polar surface area (TPSA) is 57.8 Å². The second kappa shape index (κ2) is 13.0. The predicted molar refractivity (Wildman–Crippen MR) is 59.5 cm³/mol. The largest absolute Gasteiger partial charge is 0.624 e. The van der Waals surface area contributed by atoms with Crippen molar-refractivity contribution in [2.75, 3.05) is 0 Å². The van der Waals surface area contributed by atoms with Crippen molar-refractivity contribution >= 4 is 22.6 Å². The molecular formula is C10H22AlO3. The van der Waals surface area contributed by atoms with Gasteiger partial charge >= 0.3 is 16.6 Å². The van der Waals surface area contributed by atoms with Gasteiger partial charge in [0.05, 0.1) is 0 Å². The quantitative estimate of drug-likeness (QED) is 0.458. The maximum atomic E-state index is 10.7. The molecule has 0 aromatic carbocycles. The molecule has 0 amide bonds. The van der Waals surface area contributed by atoms with Crippen LogP contribution in [0.25, 0.3) is 0 Å². The Labute approximate surface area is 95.3 Å². The lowest BCUT2D eigenvalue weighted by Gasteiger charge is -2.01. The Bertz CT molecular complexity index is 129. The molecule has 3 nitrogen and oxygen atoms in total. The predicted octanol–water partition coefficient (Wildman–Crippen LogP) is 1.66. The van der Waals surface area contributed by atoms with E-state index in [-0.39, 0.29) is 11.4 Å². The van der Waals surface area contributed by atoms with Crippen LogP contribution in [-0.2, 0) is 8.58 Å². The summed E-state index contributed by atoms with van der Waals surface area (Å²) in [5.41, 5.74) is 0. The molecule has 0 rings (SSSR count). The molecule has 0 aromatic rings. The molecule has 0 saturated carbocycles. The molecule has 0 aliphatic carbocycles. The lowest BCUT2D eigenvalue weighted by molar-refractivity contribution is -0.134. The summed E-state index contributed by atoms with van der Waals surface area (Å²) in [6.07, 6.45) is 9.32. The van der Waals surface area contributed by atoms with Gasteiger partial charge in [0.2, 0.25) is 0 Å². The van der Waals surface area contributed by atoms with Crippen LogP contribution >= 0.6 is 0 Å². The van der Waals surface area contributed by atoms with Crippen molar-refractivity contribution in [2.45, 2.75) is 58.3 Å². The van der Waals surface area contributed by atoms with Gasteiger partial charge in [0.25, 0.3) is 5.97 Å². The van der Waals surface area contributed by atoms with Gasteiger partial charge in [-0.1, -0.05) is 45.4 Å². The molecule has 0 aliphatic rings. The summed E-state index contributed by atoms with van der Waals surface area (Å²) in [6.45, 7) is 2.22. The van der Waals surface area contributed by atoms with E-state index >= 15 is 0 Å². The third-order valence-electron chi connectivity index (χ3n) is 2.15. The van der Waals surface area contributed by atoms with Gasteiger partial charge in [-0.2, -0.15) is 0 Å². The fourth-order valence-corrected chi connectivity index (χ4v) is 1.44. The fraction of sp³-hybridized carbons (Fsp3) is 0.900. The number of hydrogen-bond donors (Lipinski definition) is 0. The highest BCUT2D eigenvalue weighted by Gasteiger charge is 1.97. The highest BCUT2D eigenvalue weighted by molar-refractivity contribution is 6.05. The minimum absolute atomic E-state index is 0. The van der Waals surface area contributed by atoms with Gasteiger partial charge in [-0.25, -0.2) is 0 Å². The average Bonchev–Trinajstić information content (AvgIpc) is 2.16. The summed E-state index contributed by atoms with van der Waals surface area (Å²) in [5.74, 6) is -0.0631. The van der Waals surface area contributed by atoms with Crippen molar-refractivity contribution in [3.05, 3.63) is 0 Å². The molecule has 14 heavy (non-hydrogen) atoms. The Hall–Kier alpha value is -0.0375. The first-order chi connectivity index (χ1) is 6.31. The van der Waals surface area contributed by atoms with Crippen LogP contribution in [0.2, 0.25) is 0 Å². The fourth-order valence-electron chi connectivity index (χ4n) is 1.30. The second-order valence-corrected chi connectivity index (χ2v) is 3.68. The van der Waals surface area contributed by atoms with E-state index in [1.807, 2.05) is 0 Å². The summed E-state index contributed by atoms with van der Waals surface area (Å²) < 4.78 is 4.58. The average molecular weight is 217 g/mol. The zero-order chi connectivity index (χ0) is 9.94. The van der Waals surface area contributed by atoms with Crippen molar-refractivity contribution in [3.63, 3.8) is 0 Å². The van der Waals surface area contributed by atoms with Crippen LogP contribution in [0.15, 0.2) is 0 Å². The first-order valence-electron chi connectivity index (χ1n) is 5.26. The number of hydrogen-bond acceptors (Lipinski definition) is 2. The molecule has 0 spiro atoms. The maximum absolute atomic E-state index is 10.7. The normalized spacial score (nSPS) is 9.21. The highest BCUT2D eigenvalue weighted by atomic mass is 27.1. The standard InChI is InChI=1S/C10H20O2.Al.H2O.H/c1-2-3-4-5-6-7-8-9-10(11)12;;;/h2-9H2,1H3,(H,11,12);;1H2;/q;+1;;/p-1. The third kappa shape index (κ3) is 12.0. The number of carbonyl (C=O) groups is 1. The molecule has 0 fully saturated rings.